The number of hydrogen-bond donors (Lipinski definition) is 2. The number of aryl methyl sites for hydroxylation is 2. The third-order valence-electron chi connectivity index (χ3n) is 6.06. The largest absolute Gasteiger partial charge is 0.480 e. The molecule has 2 aromatic rings. The number of rotatable bonds is 9. The predicted octanol–water partition coefficient (Wildman–Crippen LogP) is 4.33. The van der Waals surface area contributed by atoms with E-state index in [1.807, 2.05) is 11.0 Å². The first-order valence-corrected chi connectivity index (χ1v) is 11.5. The Balaban J connectivity index is 1.20. The lowest BCUT2D eigenvalue weighted by molar-refractivity contribution is -0.143. The second-order valence-corrected chi connectivity index (χ2v) is 8.79. The number of aliphatic carboxylic acids is 1. The summed E-state index contributed by atoms with van der Waals surface area (Å²) >= 11 is 6.06. The summed E-state index contributed by atoms with van der Waals surface area (Å²) in [6.07, 6.45) is 6.11. The molecular formula is C24H30ClN3O3. The summed E-state index contributed by atoms with van der Waals surface area (Å²) in [5.74, 6) is -0.851. The zero-order valence-corrected chi connectivity index (χ0v) is 18.5. The molecule has 2 atom stereocenters. The third-order valence-corrected chi connectivity index (χ3v) is 6.29. The lowest BCUT2D eigenvalue weighted by atomic mass is 10.1. The van der Waals surface area contributed by atoms with Crippen LogP contribution in [0.3, 0.4) is 0 Å². The van der Waals surface area contributed by atoms with E-state index < -0.39 is 12.0 Å². The third kappa shape index (κ3) is 5.76. The standard InChI is InChI=1S/C24H30ClN3O3/c25-18-6-3-5-17(15-18)23(24(29)30)28-13-11-20(16-28)31-14-2-1-7-19-9-10-21-22(27-19)8-4-12-26-21/h3,5-6,9-10,15,20,23,26H,1-2,4,7-8,11-14,16H2,(H,29,30)/t20-,23?/m1/s1. The average molecular weight is 444 g/mol. The number of halogens is 1. The number of likely N-dealkylation sites (tertiary alicyclic amines) is 1. The molecule has 0 amide bonds. The SMILES string of the molecule is O=C(O)C(c1cccc(Cl)c1)N1CC[C@@H](OCCCCc2ccc3c(n2)CCCN3)C1. The molecule has 0 aliphatic carbocycles. The number of nitrogens with zero attached hydrogens (tertiary/aromatic N) is 2. The Labute approximate surface area is 188 Å². The smallest absolute Gasteiger partial charge is 0.325 e. The van der Waals surface area contributed by atoms with Crippen LogP contribution in [0.2, 0.25) is 5.02 Å². The molecule has 1 fully saturated rings. The Morgan fingerprint density at radius 3 is 3.06 bits per heavy atom. The number of ether oxygens (including phenoxy) is 1. The molecule has 1 aromatic carbocycles. The maximum Gasteiger partial charge on any atom is 0.325 e. The average Bonchev–Trinajstić information content (AvgIpc) is 3.21. The summed E-state index contributed by atoms with van der Waals surface area (Å²) in [7, 11) is 0. The van der Waals surface area contributed by atoms with Crippen molar-refractivity contribution >= 4 is 23.3 Å². The predicted molar refractivity (Wildman–Crippen MR) is 122 cm³/mol. The van der Waals surface area contributed by atoms with E-state index in [9.17, 15) is 9.90 Å². The number of carboxylic acids is 1. The number of hydrogen-bond acceptors (Lipinski definition) is 5. The van der Waals surface area contributed by atoms with Crippen molar-refractivity contribution in [1.29, 1.82) is 0 Å². The number of aromatic nitrogens is 1. The van der Waals surface area contributed by atoms with E-state index in [0.717, 1.165) is 50.8 Å². The summed E-state index contributed by atoms with van der Waals surface area (Å²) in [5, 5.41) is 13.7. The number of carbonyl (C=O) groups is 1. The van der Waals surface area contributed by atoms with E-state index >= 15 is 0 Å². The molecule has 0 saturated carbocycles. The molecule has 2 aliphatic heterocycles. The van der Waals surface area contributed by atoms with Crippen molar-refractivity contribution in [3.05, 3.63) is 58.4 Å². The summed E-state index contributed by atoms with van der Waals surface area (Å²) in [6, 6.07) is 10.7. The van der Waals surface area contributed by atoms with E-state index in [2.05, 4.69) is 17.4 Å². The number of nitrogens with one attached hydrogen (secondary N) is 1. The van der Waals surface area contributed by atoms with Crippen LogP contribution in [0.5, 0.6) is 0 Å². The van der Waals surface area contributed by atoms with Gasteiger partial charge in [0, 0.05) is 37.0 Å². The molecule has 166 valence electrons. The van der Waals surface area contributed by atoms with Gasteiger partial charge in [0.25, 0.3) is 0 Å². The minimum absolute atomic E-state index is 0.0778. The van der Waals surface area contributed by atoms with Crippen molar-refractivity contribution in [1.82, 2.24) is 9.88 Å². The molecule has 3 heterocycles. The number of unbranched alkanes of at least 4 members (excludes halogenated alkanes) is 1. The topological polar surface area (TPSA) is 74.7 Å². The van der Waals surface area contributed by atoms with Crippen LogP contribution in [-0.4, -0.2) is 53.3 Å². The van der Waals surface area contributed by atoms with Crippen LogP contribution in [0.1, 0.15) is 48.7 Å². The van der Waals surface area contributed by atoms with Crippen molar-refractivity contribution in [3.63, 3.8) is 0 Å². The van der Waals surface area contributed by atoms with Gasteiger partial charge < -0.3 is 15.2 Å². The molecule has 7 heteroatoms. The van der Waals surface area contributed by atoms with Gasteiger partial charge >= 0.3 is 5.97 Å². The Kier molecular flexibility index (Phi) is 7.43. The van der Waals surface area contributed by atoms with Gasteiger partial charge in [-0.15, -0.1) is 0 Å². The molecule has 1 unspecified atom stereocenters. The van der Waals surface area contributed by atoms with E-state index in [1.54, 1.807) is 18.2 Å². The highest BCUT2D eigenvalue weighted by Crippen LogP contribution is 2.28. The lowest BCUT2D eigenvalue weighted by Crippen LogP contribution is -2.33. The number of fused-ring (bicyclic) bond motifs is 1. The molecule has 1 aromatic heterocycles. The van der Waals surface area contributed by atoms with Gasteiger partial charge in [0.15, 0.2) is 0 Å². The Bertz CT molecular complexity index is 907. The van der Waals surface area contributed by atoms with Crippen LogP contribution >= 0.6 is 11.6 Å². The van der Waals surface area contributed by atoms with Crippen LogP contribution in [0.4, 0.5) is 5.69 Å². The van der Waals surface area contributed by atoms with Crippen molar-refractivity contribution in [2.24, 2.45) is 0 Å². The molecule has 2 N–H and O–H groups in total. The van der Waals surface area contributed by atoms with Gasteiger partial charge in [0.2, 0.25) is 0 Å². The van der Waals surface area contributed by atoms with Crippen LogP contribution in [-0.2, 0) is 22.4 Å². The second kappa shape index (κ2) is 10.4. The first-order chi connectivity index (χ1) is 15.1. The fraction of sp³-hybridized carbons (Fsp3) is 0.500. The maximum absolute atomic E-state index is 11.9. The van der Waals surface area contributed by atoms with Gasteiger partial charge in [-0.25, -0.2) is 0 Å². The fourth-order valence-corrected chi connectivity index (χ4v) is 4.68. The van der Waals surface area contributed by atoms with Gasteiger partial charge in [-0.2, -0.15) is 0 Å². The Morgan fingerprint density at radius 2 is 2.23 bits per heavy atom. The maximum atomic E-state index is 11.9. The zero-order chi connectivity index (χ0) is 21.6. The normalized spacial score (nSPS) is 19.6. The van der Waals surface area contributed by atoms with Crippen molar-refractivity contribution in [2.45, 2.75) is 50.7 Å². The van der Waals surface area contributed by atoms with Crippen LogP contribution in [0.15, 0.2) is 36.4 Å². The van der Waals surface area contributed by atoms with Gasteiger partial charge in [-0.3, -0.25) is 14.7 Å². The molecular weight excluding hydrogens is 414 g/mol. The molecule has 6 nitrogen and oxygen atoms in total. The van der Waals surface area contributed by atoms with E-state index in [4.69, 9.17) is 21.3 Å². The van der Waals surface area contributed by atoms with Crippen LogP contribution in [0, 0.1) is 0 Å². The van der Waals surface area contributed by atoms with Crippen molar-refractivity contribution in [3.8, 4) is 0 Å². The van der Waals surface area contributed by atoms with Gasteiger partial charge in [0.1, 0.15) is 6.04 Å². The van der Waals surface area contributed by atoms with E-state index in [1.165, 1.54) is 11.4 Å². The van der Waals surface area contributed by atoms with E-state index in [0.29, 0.717) is 30.3 Å². The Morgan fingerprint density at radius 1 is 1.32 bits per heavy atom. The molecule has 0 radical (unpaired) electrons. The quantitative estimate of drug-likeness (QED) is 0.562. The molecule has 2 aliphatic rings. The zero-order valence-electron chi connectivity index (χ0n) is 17.7. The van der Waals surface area contributed by atoms with Crippen molar-refractivity contribution < 1.29 is 14.6 Å². The Hall–Kier alpha value is -2.15. The minimum atomic E-state index is -0.851. The number of benzene rings is 1. The van der Waals surface area contributed by atoms with Gasteiger partial charge in [0.05, 0.1) is 17.5 Å². The van der Waals surface area contributed by atoms with E-state index in [-0.39, 0.29) is 6.10 Å². The molecule has 31 heavy (non-hydrogen) atoms. The van der Waals surface area contributed by atoms with Gasteiger partial charge in [-0.1, -0.05) is 23.7 Å². The summed E-state index contributed by atoms with van der Waals surface area (Å²) in [5.41, 5.74) is 4.24. The van der Waals surface area contributed by atoms with Crippen LogP contribution in [0.25, 0.3) is 0 Å². The van der Waals surface area contributed by atoms with Crippen molar-refractivity contribution in [2.75, 3.05) is 31.6 Å². The highest BCUT2D eigenvalue weighted by Gasteiger charge is 2.34. The number of pyridine rings is 1. The molecule has 1 saturated heterocycles. The monoisotopic (exact) mass is 443 g/mol. The number of anilines is 1. The summed E-state index contributed by atoms with van der Waals surface area (Å²) in [6.45, 7) is 3.07. The fourth-order valence-electron chi connectivity index (χ4n) is 4.49. The summed E-state index contributed by atoms with van der Waals surface area (Å²) < 4.78 is 6.06. The highest BCUT2D eigenvalue weighted by atomic mass is 35.5. The lowest BCUT2D eigenvalue weighted by Gasteiger charge is -2.24. The number of carboxylic acid groups (broad SMARTS) is 1. The summed E-state index contributed by atoms with van der Waals surface area (Å²) in [4.78, 5) is 18.7. The second-order valence-electron chi connectivity index (χ2n) is 8.36. The molecule has 0 spiro atoms. The highest BCUT2D eigenvalue weighted by molar-refractivity contribution is 6.30. The van der Waals surface area contributed by atoms with Crippen LogP contribution < -0.4 is 5.32 Å². The first-order valence-electron chi connectivity index (χ1n) is 11.2. The molecule has 4 rings (SSSR count). The molecule has 0 bridgehead atoms. The first kappa shape index (κ1) is 22.1. The van der Waals surface area contributed by atoms with Gasteiger partial charge in [-0.05, 0) is 68.4 Å². The minimum Gasteiger partial charge on any atom is -0.480 e.